The molecule has 0 spiro atoms. The lowest BCUT2D eigenvalue weighted by molar-refractivity contribution is 0.254. The molecule has 0 bridgehead atoms. The molecule has 0 atom stereocenters. The zero-order chi connectivity index (χ0) is 15.9. The summed E-state index contributed by atoms with van der Waals surface area (Å²) in [5.41, 5.74) is 2.41. The van der Waals surface area contributed by atoms with E-state index in [2.05, 4.69) is 39.0 Å². The molecule has 3 rings (SSSR count). The SMILES string of the molecule is COc1ccccc1N1CCN(CCCc2ccccn2)CC1. The highest BCUT2D eigenvalue weighted by Gasteiger charge is 2.19. The fourth-order valence-electron chi connectivity index (χ4n) is 3.13. The molecule has 2 aromatic rings. The van der Waals surface area contributed by atoms with E-state index in [0.29, 0.717) is 0 Å². The highest BCUT2D eigenvalue weighted by atomic mass is 16.5. The van der Waals surface area contributed by atoms with E-state index in [0.717, 1.165) is 44.9 Å². The summed E-state index contributed by atoms with van der Waals surface area (Å²) in [6, 6.07) is 14.4. The fraction of sp³-hybridized carbons (Fsp3) is 0.421. The number of para-hydroxylation sites is 2. The van der Waals surface area contributed by atoms with Gasteiger partial charge in [-0.3, -0.25) is 9.88 Å². The van der Waals surface area contributed by atoms with Gasteiger partial charge in [0.2, 0.25) is 0 Å². The Hall–Kier alpha value is -2.07. The quantitative estimate of drug-likeness (QED) is 0.820. The molecule has 1 fully saturated rings. The van der Waals surface area contributed by atoms with Gasteiger partial charge in [-0.05, 0) is 43.7 Å². The van der Waals surface area contributed by atoms with Gasteiger partial charge in [0.05, 0.1) is 12.8 Å². The average molecular weight is 311 g/mol. The van der Waals surface area contributed by atoms with Crippen LogP contribution < -0.4 is 9.64 Å². The summed E-state index contributed by atoms with van der Waals surface area (Å²) in [7, 11) is 1.74. The number of methoxy groups -OCH3 is 1. The average Bonchev–Trinajstić information content (AvgIpc) is 2.63. The smallest absolute Gasteiger partial charge is 0.142 e. The van der Waals surface area contributed by atoms with Crippen LogP contribution in [0.1, 0.15) is 12.1 Å². The molecule has 0 saturated carbocycles. The van der Waals surface area contributed by atoms with E-state index in [4.69, 9.17) is 4.74 Å². The second kappa shape index (κ2) is 7.97. The highest BCUT2D eigenvalue weighted by Crippen LogP contribution is 2.28. The molecule has 0 unspecified atom stereocenters. The number of pyridine rings is 1. The van der Waals surface area contributed by atoms with E-state index in [1.54, 1.807) is 7.11 Å². The Morgan fingerprint density at radius 3 is 2.52 bits per heavy atom. The Bertz CT molecular complexity index is 595. The number of benzene rings is 1. The molecule has 1 saturated heterocycles. The van der Waals surface area contributed by atoms with Crippen LogP contribution in [0.5, 0.6) is 5.75 Å². The Labute approximate surface area is 138 Å². The zero-order valence-corrected chi connectivity index (χ0v) is 13.8. The van der Waals surface area contributed by atoms with Crippen LogP contribution in [0.25, 0.3) is 0 Å². The predicted molar refractivity (Wildman–Crippen MR) is 94.2 cm³/mol. The molecule has 1 aromatic heterocycles. The first-order valence-electron chi connectivity index (χ1n) is 8.37. The van der Waals surface area contributed by atoms with E-state index in [1.165, 1.54) is 17.8 Å². The number of nitrogens with zero attached hydrogens (tertiary/aromatic N) is 3. The lowest BCUT2D eigenvalue weighted by Gasteiger charge is -2.36. The van der Waals surface area contributed by atoms with Gasteiger partial charge in [0.1, 0.15) is 5.75 Å². The maximum atomic E-state index is 5.48. The van der Waals surface area contributed by atoms with Gasteiger partial charge in [0.25, 0.3) is 0 Å². The van der Waals surface area contributed by atoms with Gasteiger partial charge >= 0.3 is 0 Å². The number of aromatic nitrogens is 1. The number of piperazine rings is 1. The number of ether oxygens (including phenoxy) is 1. The second-order valence-electron chi connectivity index (χ2n) is 5.93. The van der Waals surface area contributed by atoms with E-state index in [-0.39, 0.29) is 0 Å². The molecular weight excluding hydrogens is 286 g/mol. The summed E-state index contributed by atoms with van der Waals surface area (Å²) in [6.07, 6.45) is 4.11. The summed E-state index contributed by atoms with van der Waals surface area (Å²) < 4.78 is 5.48. The minimum absolute atomic E-state index is 0.969. The summed E-state index contributed by atoms with van der Waals surface area (Å²) in [5, 5.41) is 0. The molecule has 1 aliphatic heterocycles. The van der Waals surface area contributed by atoms with Gasteiger partial charge in [-0.2, -0.15) is 0 Å². The molecule has 4 nitrogen and oxygen atoms in total. The first kappa shape index (κ1) is 15.8. The van der Waals surface area contributed by atoms with Crippen molar-refractivity contribution < 1.29 is 4.74 Å². The maximum absolute atomic E-state index is 5.48. The maximum Gasteiger partial charge on any atom is 0.142 e. The van der Waals surface area contributed by atoms with Gasteiger partial charge in [-0.1, -0.05) is 18.2 Å². The molecule has 0 N–H and O–H groups in total. The van der Waals surface area contributed by atoms with Gasteiger partial charge < -0.3 is 9.64 Å². The molecule has 1 aliphatic rings. The van der Waals surface area contributed by atoms with Crippen LogP contribution in [0.4, 0.5) is 5.69 Å². The number of aryl methyl sites for hydroxylation is 1. The third-order valence-corrected chi connectivity index (χ3v) is 4.43. The molecule has 1 aromatic carbocycles. The molecular formula is C19H25N3O. The number of hydrogen-bond acceptors (Lipinski definition) is 4. The van der Waals surface area contributed by atoms with Crippen LogP contribution in [0.2, 0.25) is 0 Å². The van der Waals surface area contributed by atoms with Gasteiger partial charge in [-0.15, -0.1) is 0 Å². The van der Waals surface area contributed by atoms with Crippen molar-refractivity contribution in [2.45, 2.75) is 12.8 Å². The summed E-state index contributed by atoms with van der Waals surface area (Å²) >= 11 is 0. The first-order valence-corrected chi connectivity index (χ1v) is 8.37. The van der Waals surface area contributed by atoms with Crippen molar-refractivity contribution in [1.82, 2.24) is 9.88 Å². The van der Waals surface area contributed by atoms with Crippen molar-refractivity contribution in [3.63, 3.8) is 0 Å². The van der Waals surface area contributed by atoms with E-state index < -0.39 is 0 Å². The van der Waals surface area contributed by atoms with Crippen LogP contribution >= 0.6 is 0 Å². The molecule has 4 heteroatoms. The third kappa shape index (κ3) is 4.23. The van der Waals surface area contributed by atoms with Crippen molar-refractivity contribution in [1.29, 1.82) is 0 Å². The van der Waals surface area contributed by atoms with Crippen LogP contribution in [0, 0.1) is 0 Å². The minimum atomic E-state index is 0.969. The number of anilines is 1. The first-order chi connectivity index (χ1) is 11.4. The minimum Gasteiger partial charge on any atom is -0.495 e. The van der Waals surface area contributed by atoms with Crippen molar-refractivity contribution in [2.75, 3.05) is 44.7 Å². The van der Waals surface area contributed by atoms with Gasteiger partial charge in [0.15, 0.2) is 0 Å². The molecule has 122 valence electrons. The van der Waals surface area contributed by atoms with E-state index in [1.807, 2.05) is 24.4 Å². The Morgan fingerprint density at radius 2 is 1.78 bits per heavy atom. The van der Waals surface area contributed by atoms with Gasteiger partial charge in [0, 0.05) is 38.1 Å². The second-order valence-corrected chi connectivity index (χ2v) is 5.93. The Balaban J connectivity index is 1.45. The lowest BCUT2D eigenvalue weighted by atomic mass is 10.2. The van der Waals surface area contributed by atoms with Crippen molar-refractivity contribution in [3.05, 3.63) is 54.4 Å². The predicted octanol–water partition coefficient (Wildman–Crippen LogP) is 2.85. The molecule has 0 radical (unpaired) electrons. The topological polar surface area (TPSA) is 28.6 Å². The molecule has 0 aliphatic carbocycles. The standard InChI is InChI=1S/C19H25N3O/c1-23-19-10-3-2-9-18(19)22-15-13-21(14-16-22)12-6-8-17-7-4-5-11-20-17/h2-5,7,9-11H,6,8,12-16H2,1H3. The summed E-state index contributed by atoms with van der Waals surface area (Å²) in [4.78, 5) is 9.37. The summed E-state index contributed by atoms with van der Waals surface area (Å²) in [5.74, 6) is 0.969. The van der Waals surface area contributed by atoms with Crippen molar-refractivity contribution >= 4 is 5.69 Å². The lowest BCUT2D eigenvalue weighted by Crippen LogP contribution is -2.46. The number of hydrogen-bond donors (Lipinski definition) is 0. The third-order valence-electron chi connectivity index (χ3n) is 4.43. The normalized spacial score (nSPS) is 15.6. The van der Waals surface area contributed by atoms with Crippen LogP contribution in [-0.4, -0.2) is 49.7 Å². The monoisotopic (exact) mass is 311 g/mol. The Morgan fingerprint density at radius 1 is 1.00 bits per heavy atom. The van der Waals surface area contributed by atoms with E-state index in [9.17, 15) is 0 Å². The van der Waals surface area contributed by atoms with Crippen LogP contribution in [0.15, 0.2) is 48.7 Å². The van der Waals surface area contributed by atoms with Crippen LogP contribution in [-0.2, 0) is 6.42 Å². The summed E-state index contributed by atoms with van der Waals surface area (Å²) in [6.45, 7) is 5.49. The zero-order valence-electron chi connectivity index (χ0n) is 13.8. The fourth-order valence-corrected chi connectivity index (χ4v) is 3.13. The Kier molecular flexibility index (Phi) is 5.48. The largest absolute Gasteiger partial charge is 0.495 e. The van der Waals surface area contributed by atoms with Crippen molar-refractivity contribution in [2.24, 2.45) is 0 Å². The number of rotatable bonds is 6. The van der Waals surface area contributed by atoms with Gasteiger partial charge in [-0.25, -0.2) is 0 Å². The van der Waals surface area contributed by atoms with E-state index >= 15 is 0 Å². The van der Waals surface area contributed by atoms with Crippen molar-refractivity contribution in [3.8, 4) is 5.75 Å². The molecule has 23 heavy (non-hydrogen) atoms. The molecule has 2 heterocycles. The highest BCUT2D eigenvalue weighted by molar-refractivity contribution is 5.58. The van der Waals surface area contributed by atoms with Crippen LogP contribution in [0.3, 0.4) is 0 Å². The molecule has 0 amide bonds.